The molecule has 3 heterocycles. The van der Waals surface area contributed by atoms with Crippen LogP contribution in [0.4, 0.5) is 0 Å². The molecule has 0 spiro atoms. The van der Waals surface area contributed by atoms with Crippen molar-refractivity contribution in [3.05, 3.63) is 28.0 Å². The van der Waals surface area contributed by atoms with Crippen molar-refractivity contribution >= 4 is 22.9 Å². The summed E-state index contributed by atoms with van der Waals surface area (Å²) in [5.74, 6) is 0.0606. The maximum atomic E-state index is 12.8. The monoisotopic (exact) mass is 318 g/mol. The van der Waals surface area contributed by atoms with E-state index in [0.29, 0.717) is 25.3 Å². The summed E-state index contributed by atoms with van der Waals surface area (Å²) in [5, 5.41) is 0.192. The van der Waals surface area contributed by atoms with E-state index in [0.717, 1.165) is 0 Å². The first-order valence-electron chi connectivity index (χ1n) is 7.45. The van der Waals surface area contributed by atoms with E-state index in [1.54, 1.807) is 30.7 Å². The number of rotatable bonds is 2. The molecule has 0 unspecified atom stereocenters. The summed E-state index contributed by atoms with van der Waals surface area (Å²) in [5.41, 5.74) is 0.0741. The highest BCUT2D eigenvalue weighted by Crippen LogP contribution is 2.23. The van der Waals surface area contributed by atoms with Gasteiger partial charge in [0.15, 0.2) is 0 Å². The minimum atomic E-state index is -0.323. The standard InChI is InChI=1S/C15H18N4O4/c1-4-10(20)18-5-6-19(8-18)15(22)11-9(2)23-13-12(11)14(21)17(3)7-16-13/h7H,4-6,8H2,1-3H3. The fourth-order valence-corrected chi connectivity index (χ4v) is 2.78. The van der Waals surface area contributed by atoms with Crippen LogP contribution in [0.25, 0.3) is 11.1 Å². The summed E-state index contributed by atoms with van der Waals surface area (Å²) in [6, 6.07) is 0. The number of furan rings is 1. The number of hydrogen-bond donors (Lipinski definition) is 0. The van der Waals surface area contributed by atoms with Gasteiger partial charge in [0, 0.05) is 26.6 Å². The first-order chi connectivity index (χ1) is 10.9. The van der Waals surface area contributed by atoms with E-state index in [-0.39, 0.29) is 40.7 Å². The van der Waals surface area contributed by atoms with Crippen LogP contribution in [0.1, 0.15) is 29.5 Å². The Labute approximate surface area is 132 Å². The highest BCUT2D eigenvalue weighted by molar-refractivity contribution is 6.06. The zero-order valence-electron chi connectivity index (χ0n) is 13.3. The zero-order chi connectivity index (χ0) is 16.7. The second kappa shape index (κ2) is 5.53. The third-order valence-corrected chi connectivity index (χ3v) is 4.09. The number of nitrogens with zero attached hydrogens (tertiary/aromatic N) is 4. The normalized spacial score (nSPS) is 14.7. The number of carbonyl (C=O) groups is 2. The Morgan fingerprint density at radius 3 is 2.70 bits per heavy atom. The molecule has 0 bridgehead atoms. The molecule has 0 saturated carbocycles. The molecule has 2 amide bonds. The van der Waals surface area contributed by atoms with Gasteiger partial charge in [-0.15, -0.1) is 0 Å². The molecule has 122 valence electrons. The number of hydrogen-bond acceptors (Lipinski definition) is 5. The minimum Gasteiger partial charge on any atom is -0.442 e. The Morgan fingerprint density at radius 2 is 2.00 bits per heavy atom. The van der Waals surface area contributed by atoms with Crippen LogP contribution < -0.4 is 5.56 Å². The van der Waals surface area contributed by atoms with Crippen LogP contribution in [-0.2, 0) is 11.8 Å². The van der Waals surface area contributed by atoms with Crippen molar-refractivity contribution in [1.29, 1.82) is 0 Å². The fraction of sp³-hybridized carbons (Fsp3) is 0.467. The lowest BCUT2D eigenvalue weighted by Crippen LogP contribution is -2.34. The molecule has 1 fully saturated rings. The second-order valence-corrected chi connectivity index (χ2v) is 5.59. The number of carbonyl (C=O) groups excluding carboxylic acids is 2. The van der Waals surface area contributed by atoms with Crippen LogP contribution in [0, 0.1) is 6.92 Å². The van der Waals surface area contributed by atoms with Crippen molar-refractivity contribution in [2.45, 2.75) is 20.3 Å². The molecular formula is C15H18N4O4. The van der Waals surface area contributed by atoms with Crippen LogP contribution in [0.5, 0.6) is 0 Å². The molecule has 3 rings (SSSR count). The van der Waals surface area contributed by atoms with Gasteiger partial charge in [-0.1, -0.05) is 6.92 Å². The van der Waals surface area contributed by atoms with E-state index in [4.69, 9.17) is 4.42 Å². The maximum absolute atomic E-state index is 12.8. The number of fused-ring (bicyclic) bond motifs is 1. The van der Waals surface area contributed by atoms with Gasteiger partial charge in [-0.3, -0.25) is 14.4 Å². The van der Waals surface area contributed by atoms with Gasteiger partial charge >= 0.3 is 0 Å². The number of amides is 2. The van der Waals surface area contributed by atoms with Crippen molar-refractivity contribution in [2.75, 3.05) is 19.8 Å². The maximum Gasteiger partial charge on any atom is 0.265 e. The minimum absolute atomic E-state index is 0.00616. The number of aryl methyl sites for hydroxylation is 2. The Morgan fingerprint density at radius 1 is 1.30 bits per heavy atom. The molecule has 23 heavy (non-hydrogen) atoms. The van der Waals surface area contributed by atoms with E-state index < -0.39 is 0 Å². The summed E-state index contributed by atoms with van der Waals surface area (Å²) in [6.45, 7) is 4.61. The molecule has 1 saturated heterocycles. The topological polar surface area (TPSA) is 88.7 Å². The molecule has 2 aromatic rings. The number of aromatic nitrogens is 2. The van der Waals surface area contributed by atoms with E-state index in [9.17, 15) is 14.4 Å². The van der Waals surface area contributed by atoms with Gasteiger partial charge < -0.3 is 18.8 Å². The first-order valence-corrected chi connectivity index (χ1v) is 7.45. The van der Waals surface area contributed by atoms with E-state index in [2.05, 4.69) is 4.98 Å². The van der Waals surface area contributed by atoms with E-state index >= 15 is 0 Å². The van der Waals surface area contributed by atoms with E-state index in [1.165, 1.54) is 10.9 Å². The second-order valence-electron chi connectivity index (χ2n) is 5.59. The largest absolute Gasteiger partial charge is 0.442 e. The molecule has 8 heteroatoms. The molecule has 1 aliphatic heterocycles. The van der Waals surface area contributed by atoms with Gasteiger partial charge in [0.2, 0.25) is 11.6 Å². The van der Waals surface area contributed by atoms with Crippen LogP contribution in [0.15, 0.2) is 15.5 Å². The first kappa shape index (κ1) is 15.3. The van der Waals surface area contributed by atoms with Gasteiger partial charge in [-0.25, -0.2) is 4.98 Å². The Hall–Kier alpha value is -2.64. The van der Waals surface area contributed by atoms with Crippen LogP contribution in [0.2, 0.25) is 0 Å². The molecule has 0 aromatic carbocycles. The third kappa shape index (κ3) is 2.39. The quantitative estimate of drug-likeness (QED) is 0.804. The summed E-state index contributed by atoms with van der Waals surface area (Å²) in [4.78, 5) is 44.1. The fourth-order valence-electron chi connectivity index (χ4n) is 2.78. The molecule has 0 atom stereocenters. The van der Waals surface area contributed by atoms with Crippen LogP contribution in [0.3, 0.4) is 0 Å². The molecule has 0 radical (unpaired) electrons. The lowest BCUT2D eigenvalue weighted by molar-refractivity contribution is -0.130. The van der Waals surface area contributed by atoms with Crippen molar-refractivity contribution in [3.8, 4) is 0 Å². The van der Waals surface area contributed by atoms with Gasteiger partial charge in [-0.2, -0.15) is 0 Å². The molecule has 8 nitrogen and oxygen atoms in total. The summed E-state index contributed by atoms with van der Waals surface area (Å²) < 4.78 is 6.77. The van der Waals surface area contributed by atoms with Crippen molar-refractivity contribution in [1.82, 2.24) is 19.4 Å². The molecule has 1 aliphatic rings. The Balaban J connectivity index is 1.99. The lowest BCUT2D eigenvalue weighted by Gasteiger charge is -2.17. The van der Waals surface area contributed by atoms with Crippen molar-refractivity contribution < 1.29 is 14.0 Å². The Bertz CT molecular complexity index is 851. The van der Waals surface area contributed by atoms with Gasteiger partial charge in [0.25, 0.3) is 11.5 Å². The smallest absolute Gasteiger partial charge is 0.265 e. The average Bonchev–Trinajstić information content (AvgIpc) is 3.14. The summed E-state index contributed by atoms with van der Waals surface area (Å²) >= 11 is 0. The molecule has 0 aliphatic carbocycles. The summed E-state index contributed by atoms with van der Waals surface area (Å²) in [7, 11) is 1.57. The average molecular weight is 318 g/mol. The summed E-state index contributed by atoms with van der Waals surface area (Å²) in [6.07, 6.45) is 1.76. The molecule has 0 N–H and O–H groups in total. The predicted octanol–water partition coefficient (Wildman–Crippen LogP) is 0.487. The van der Waals surface area contributed by atoms with Gasteiger partial charge in [0.1, 0.15) is 17.5 Å². The third-order valence-electron chi connectivity index (χ3n) is 4.09. The van der Waals surface area contributed by atoms with Crippen LogP contribution in [-0.4, -0.2) is 50.9 Å². The van der Waals surface area contributed by atoms with Crippen molar-refractivity contribution in [2.24, 2.45) is 7.05 Å². The van der Waals surface area contributed by atoms with Gasteiger partial charge in [0.05, 0.1) is 12.2 Å². The lowest BCUT2D eigenvalue weighted by atomic mass is 10.1. The van der Waals surface area contributed by atoms with Gasteiger partial charge in [-0.05, 0) is 6.92 Å². The predicted molar refractivity (Wildman–Crippen MR) is 81.9 cm³/mol. The highest BCUT2D eigenvalue weighted by Gasteiger charge is 2.31. The zero-order valence-corrected chi connectivity index (χ0v) is 13.3. The van der Waals surface area contributed by atoms with Crippen molar-refractivity contribution in [3.63, 3.8) is 0 Å². The Kier molecular flexibility index (Phi) is 3.67. The van der Waals surface area contributed by atoms with Crippen LogP contribution >= 0.6 is 0 Å². The molecule has 2 aromatic heterocycles. The SMILES string of the molecule is CCC(=O)N1CCN(C(=O)c2c(C)oc3ncn(C)c(=O)c23)C1. The van der Waals surface area contributed by atoms with E-state index in [1.807, 2.05) is 0 Å². The molecular weight excluding hydrogens is 300 g/mol. The highest BCUT2D eigenvalue weighted by atomic mass is 16.3.